The van der Waals surface area contributed by atoms with E-state index in [1.165, 1.54) is 12.1 Å². The largest absolute Gasteiger partial charge is 0.451 e. The van der Waals surface area contributed by atoms with Crippen molar-refractivity contribution in [3.8, 4) is 0 Å². The van der Waals surface area contributed by atoms with Crippen molar-refractivity contribution < 1.29 is 13.6 Å². The number of halogens is 1. The molecule has 0 spiro atoms. The Balaban J connectivity index is 2.01. The summed E-state index contributed by atoms with van der Waals surface area (Å²) in [5, 5.41) is 3.91. The first-order chi connectivity index (χ1) is 9.58. The summed E-state index contributed by atoms with van der Waals surface area (Å²) in [6.07, 6.45) is 0. The van der Waals surface area contributed by atoms with E-state index in [0.717, 1.165) is 13.1 Å². The van der Waals surface area contributed by atoms with Crippen molar-refractivity contribution in [3.63, 3.8) is 0 Å². The lowest BCUT2D eigenvalue weighted by molar-refractivity contribution is 0.0624. The maximum atomic E-state index is 13.3. The van der Waals surface area contributed by atoms with E-state index in [-0.39, 0.29) is 17.8 Å². The van der Waals surface area contributed by atoms with E-state index >= 15 is 0 Å². The van der Waals surface area contributed by atoms with Gasteiger partial charge in [-0.2, -0.15) is 0 Å². The molecule has 0 bridgehead atoms. The Bertz CT molecular complexity index is 665. The molecule has 4 nitrogen and oxygen atoms in total. The van der Waals surface area contributed by atoms with Crippen molar-refractivity contribution in [1.82, 2.24) is 10.2 Å². The molecule has 1 aliphatic heterocycles. The monoisotopic (exact) mass is 276 g/mol. The highest BCUT2D eigenvalue weighted by molar-refractivity contribution is 5.99. The van der Waals surface area contributed by atoms with Crippen LogP contribution in [0.3, 0.4) is 0 Å². The molecule has 20 heavy (non-hydrogen) atoms. The number of nitrogens with zero attached hydrogens (tertiary/aromatic N) is 1. The lowest BCUT2D eigenvalue weighted by Gasteiger charge is -2.33. The van der Waals surface area contributed by atoms with Crippen LogP contribution in [0.1, 0.15) is 23.0 Å². The molecule has 0 unspecified atom stereocenters. The van der Waals surface area contributed by atoms with Gasteiger partial charge in [0.25, 0.3) is 5.91 Å². The third kappa shape index (κ3) is 2.08. The van der Waals surface area contributed by atoms with Crippen LogP contribution in [0.15, 0.2) is 22.6 Å². The summed E-state index contributed by atoms with van der Waals surface area (Å²) in [6.45, 7) is 6.02. The summed E-state index contributed by atoms with van der Waals surface area (Å²) in [5.41, 5.74) is 1.25. The Kier molecular flexibility index (Phi) is 3.22. The molecule has 2 aromatic rings. The molecule has 1 fully saturated rings. The molecule has 0 aliphatic carbocycles. The molecule has 1 aromatic heterocycles. The zero-order valence-electron chi connectivity index (χ0n) is 11.6. The average Bonchev–Trinajstić information content (AvgIpc) is 2.76. The van der Waals surface area contributed by atoms with Gasteiger partial charge in [0.15, 0.2) is 5.76 Å². The van der Waals surface area contributed by atoms with Crippen molar-refractivity contribution in [3.05, 3.63) is 35.3 Å². The van der Waals surface area contributed by atoms with Crippen LogP contribution in [-0.2, 0) is 0 Å². The highest BCUT2D eigenvalue weighted by Crippen LogP contribution is 2.27. The minimum Gasteiger partial charge on any atom is -0.451 e. The van der Waals surface area contributed by atoms with E-state index < -0.39 is 0 Å². The van der Waals surface area contributed by atoms with Crippen LogP contribution in [0.2, 0.25) is 0 Å². The fourth-order valence-electron chi connectivity index (χ4n) is 2.67. The molecule has 1 atom stereocenters. The molecule has 1 aromatic carbocycles. The number of carbonyl (C=O) groups is 1. The molecular weight excluding hydrogens is 259 g/mol. The van der Waals surface area contributed by atoms with E-state index in [2.05, 4.69) is 5.32 Å². The van der Waals surface area contributed by atoms with Crippen LogP contribution < -0.4 is 5.32 Å². The molecule has 1 N–H and O–H groups in total. The zero-order valence-corrected chi connectivity index (χ0v) is 11.6. The molecule has 1 aliphatic rings. The maximum absolute atomic E-state index is 13.3. The summed E-state index contributed by atoms with van der Waals surface area (Å²) in [7, 11) is 0. The van der Waals surface area contributed by atoms with Crippen LogP contribution in [-0.4, -0.2) is 36.5 Å². The first-order valence-corrected chi connectivity index (χ1v) is 6.78. The number of nitrogens with one attached hydrogen (secondary N) is 1. The van der Waals surface area contributed by atoms with Crippen molar-refractivity contribution >= 4 is 16.9 Å². The average molecular weight is 276 g/mol. The van der Waals surface area contributed by atoms with Crippen molar-refractivity contribution in [1.29, 1.82) is 0 Å². The molecule has 106 valence electrons. The smallest absolute Gasteiger partial charge is 0.290 e. The van der Waals surface area contributed by atoms with Crippen LogP contribution in [0, 0.1) is 12.7 Å². The molecule has 5 heteroatoms. The first-order valence-electron chi connectivity index (χ1n) is 6.78. The molecule has 2 heterocycles. The number of aryl methyl sites for hydroxylation is 1. The number of fused-ring (bicyclic) bond motifs is 1. The third-order valence-corrected chi connectivity index (χ3v) is 3.85. The molecule has 1 saturated heterocycles. The number of amides is 1. The maximum Gasteiger partial charge on any atom is 0.290 e. The summed E-state index contributed by atoms with van der Waals surface area (Å²) >= 11 is 0. The Hall–Kier alpha value is -1.88. The van der Waals surface area contributed by atoms with Gasteiger partial charge in [0.1, 0.15) is 11.4 Å². The second kappa shape index (κ2) is 4.90. The highest BCUT2D eigenvalue weighted by atomic mass is 19.1. The number of carbonyl (C=O) groups excluding carboxylic acids is 1. The van der Waals surface area contributed by atoms with E-state index in [0.29, 0.717) is 28.8 Å². The fraction of sp³-hybridized carbons (Fsp3) is 0.400. The zero-order chi connectivity index (χ0) is 14.3. The second-order valence-electron chi connectivity index (χ2n) is 5.25. The molecule has 1 amide bonds. The SMILES string of the molecule is Cc1c(C(=O)N2CCNC[C@H]2C)oc2ccc(F)cc12. The number of piperazine rings is 1. The highest BCUT2D eigenvalue weighted by Gasteiger charge is 2.28. The predicted octanol–water partition coefficient (Wildman–Crippen LogP) is 2.31. The summed E-state index contributed by atoms with van der Waals surface area (Å²) in [6, 6.07) is 4.44. The van der Waals surface area contributed by atoms with E-state index in [9.17, 15) is 9.18 Å². The first kappa shape index (κ1) is 13.1. The lowest BCUT2D eigenvalue weighted by atomic mass is 10.1. The summed E-state index contributed by atoms with van der Waals surface area (Å²) in [4.78, 5) is 14.4. The molecule has 3 rings (SSSR count). The number of hydrogen-bond acceptors (Lipinski definition) is 3. The van der Waals surface area contributed by atoms with Gasteiger partial charge in [-0.05, 0) is 32.0 Å². The molecule has 0 saturated carbocycles. The number of furan rings is 1. The van der Waals surface area contributed by atoms with Gasteiger partial charge in [0.2, 0.25) is 0 Å². The summed E-state index contributed by atoms with van der Waals surface area (Å²) in [5.74, 6) is -0.122. The number of rotatable bonds is 1. The Labute approximate surface area is 116 Å². The van der Waals surface area contributed by atoms with Gasteiger partial charge in [-0.15, -0.1) is 0 Å². The molecular formula is C15H17FN2O2. The van der Waals surface area contributed by atoms with Crippen LogP contribution >= 0.6 is 0 Å². The van der Waals surface area contributed by atoms with Crippen molar-refractivity contribution in [2.45, 2.75) is 19.9 Å². The van der Waals surface area contributed by atoms with E-state index in [1.807, 2.05) is 6.92 Å². The molecule has 0 radical (unpaired) electrons. The van der Waals surface area contributed by atoms with Crippen LogP contribution in [0.4, 0.5) is 4.39 Å². The fourth-order valence-corrected chi connectivity index (χ4v) is 2.67. The van der Waals surface area contributed by atoms with E-state index in [1.54, 1.807) is 17.9 Å². The van der Waals surface area contributed by atoms with Gasteiger partial charge in [-0.3, -0.25) is 4.79 Å². The minimum atomic E-state index is -0.323. The van der Waals surface area contributed by atoms with Crippen molar-refractivity contribution in [2.75, 3.05) is 19.6 Å². The normalized spacial score (nSPS) is 19.6. The number of hydrogen-bond donors (Lipinski definition) is 1. The predicted molar refractivity (Wildman–Crippen MR) is 74.3 cm³/mol. The lowest BCUT2D eigenvalue weighted by Crippen LogP contribution is -2.52. The Morgan fingerprint density at radius 2 is 2.30 bits per heavy atom. The van der Waals surface area contributed by atoms with Gasteiger partial charge in [-0.1, -0.05) is 0 Å². The number of benzene rings is 1. The second-order valence-corrected chi connectivity index (χ2v) is 5.25. The van der Waals surface area contributed by atoms with Gasteiger partial charge >= 0.3 is 0 Å². The quantitative estimate of drug-likeness (QED) is 0.869. The Morgan fingerprint density at radius 1 is 1.50 bits per heavy atom. The van der Waals surface area contributed by atoms with Crippen molar-refractivity contribution in [2.24, 2.45) is 0 Å². The summed E-state index contributed by atoms with van der Waals surface area (Å²) < 4.78 is 18.9. The van der Waals surface area contributed by atoms with Crippen LogP contribution in [0.5, 0.6) is 0 Å². The Morgan fingerprint density at radius 3 is 3.05 bits per heavy atom. The van der Waals surface area contributed by atoms with Gasteiger partial charge in [-0.25, -0.2) is 4.39 Å². The third-order valence-electron chi connectivity index (χ3n) is 3.85. The minimum absolute atomic E-state index is 0.117. The van der Waals surface area contributed by atoms with Crippen LogP contribution in [0.25, 0.3) is 11.0 Å². The standard InChI is InChI=1S/C15H17FN2O2/c1-9-8-17-5-6-18(9)15(19)14-10(2)12-7-11(16)3-4-13(12)20-14/h3-4,7,9,17H,5-6,8H2,1-2H3/t9-/m1/s1. The van der Waals surface area contributed by atoms with Gasteiger partial charge < -0.3 is 14.6 Å². The van der Waals surface area contributed by atoms with Gasteiger partial charge in [0, 0.05) is 36.6 Å². The van der Waals surface area contributed by atoms with Gasteiger partial charge in [0.05, 0.1) is 0 Å². The van der Waals surface area contributed by atoms with E-state index in [4.69, 9.17) is 4.42 Å². The topological polar surface area (TPSA) is 45.5 Å².